The summed E-state index contributed by atoms with van der Waals surface area (Å²) in [5.41, 5.74) is 1.74. The van der Waals surface area contributed by atoms with Gasteiger partial charge in [0.25, 0.3) is 5.91 Å². The molecule has 0 aliphatic carbocycles. The topological polar surface area (TPSA) is 124 Å². The Morgan fingerprint density at radius 3 is 2.44 bits per heavy atom. The lowest BCUT2D eigenvalue weighted by atomic mass is 10.0. The van der Waals surface area contributed by atoms with Gasteiger partial charge in [0, 0.05) is 22.8 Å². The molecule has 0 saturated heterocycles. The number of fused-ring (bicyclic) bond motifs is 1. The standard InChI is InChI=1S/C25H20N2O6S/c28-22(27-11-10-15-4-1-2-7-21(15)27)14-34-18-6-3-5-17(13-18)26-23(29)19-9-8-16(24(30)31)12-20(19)25(32)33/h1-9,12-13H,10-11,14H2,(H,26,29)(H,30,31)(H,32,33). The lowest BCUT2D eigenvalue weighted by Gasteiger charge is -2.17. The number of nitrogens with one attached hydrogen (secondary N) is 1. The normalized spacial score (nSPS) is 12.2. The Balaban J connectivity index is 1.43. The van der Waals surface area contributed by atoms with Gasteiger partial charge >= 0.3 is 11.9 Å². The van der Waals surface area contributed by atoms with Gasteiger partial charge in [-0.15, -0.1) is 11.8 Å². The fourth-order valence-corrected chi connectivity index (χ4v) is 4.57. The van der Waals surface area contributed by atoms with E-state index in [1.807, 2.05) is 30.3 Å². The van der Waals surface area contributed by atoms with Gasteiger partial charge in [-0.3, -0.25) is 9.59 Å². The molecular formula is C25H20N2O6S. The Morgan fingerprint density at radius 1 is 0.882 bits per heavy atom. The van der Waals surface area contributed by atoms with E-state index in [-0.39, 0.29) is 22.8 Å². The number of amides is 2. The van der Waals surface area contributed by atoms with E-state index in [1.165, 1.54) is 23.9 Å². The van der Waals surface area contributed by atoms with Crippen LogP contribution in [0.3, 0.4) is 0 Å². The van der Waals surface area contributed by atoms with E-state index in [9.17, 15) is 24.3 Å². The number of carboxylic acids is 2. The van der Waals surface area contributed by atoms with E-state index in [2.05, 4.69) is 5.32 Å². The molecule has 0 fully saturated rings. The van der Waals surface area contributed by atoms with Crippen LogP contribution in [0.1, 0.15) is 36.6 Å². The van der Waals surface area contributed by atoms with Crippen molar-refractivity contribution in [2.45, 2.75) is 11.3 Å². The van der Waals surface area contributed by atoms with E-state index in [4.69, 9.17) is 5.11 Å². The van der Waals surface area contributed by atoms with Crippen LogP contribution in [0.5, 0.6) is 0 Å². The average Bonchev–Trinajstić information content (AvgIpc) is 3.26. The third-order valence-electron chi connectivity index (χ3n) is 5.38. The first-order valence-electron chi connectivity index (χ1n) is 10.4. The maximum Gasteiger partial charge on any atom is 0.336 e. The number of anilines is 2. The zero-order chi connectivity index (χ0) is 24.2. The largest absolute Gasteiger partial charge is 0.478 e. The van der Waals surface area contributed by atoms with Crippen molar-refractivity contribution in [3.63, 3.8) is 0 Å². The number of thioether (sulfide) groups is 1. The highest BCUT2D eigenvalue weighted by Crippen LogP contribution is 2.29. The van der Waals surface area contributed by atoms with Crippen LogP contribution in [0.25, 0.3) is 0 Å². The third kappa shape index (κ3) is 4.94. The van der Waals surface area contributed by atoms with Gasteiger partial charge in [0.05, 0.1) is 22.4 Å². The van der Waals surface area contributed by atoms with Crippen LogP contribution in [0, 0.1) is 0 Å². The molecule has 1 heterocycles. The zero-order valence-electron chi connectivity index (χ0n) is 17.9. The molecule has 0 aromatic heterocycles. The van der Waals surface area contributed by atoms with Crippen molar-refractivity contribution in [3.8, 4) is 0 Å². The van der Waals surface area contributed by atoms with Crippen molar-refractivity contribution in [2.24, 2.45) is 0 Å². The Hall–Kier alpha value is -4.11. The Bertz CT molecular complexity index is 1310. The molecule has 0 saturated carbocycles. The molecule has 4 rings (SSSR count). The molecule has 3 aromatic carbocycles. The van der Waals surface area contributed by atoms with Gasteiger partial charge in [-0.25, -0.2) is 9.59 Å². The lowest BCUT2D eigenvalue weighted by molar-refractivity contribution is -0.116. The molecule has 0 bridgehead atoms. The minimum Gasteiger partial charge on any atom is -0.478 e. The summed E-state index contributed by atoms with van der Waals surface area (Å²) in [6.07, 6.45) is 0.833. The highest BCUT2D eigenvalue weighted by Gasteiger charge is 2.24. The van der Waals surface area contributed by atoms with Crippen LogP contribution in [0.4, 0.5) is 11.4 Å². The molecule has 3 aromatic rings. The number of hydrogen-bond donors (Lipinski definition) is 3. The Labute approximate surface area is 199 Å². The summed E-state index contributed by atoms with van der Waals surface area (Å²) in [6, 6.07) is 18.0. The van der Waals surface area contributed by atoms with Crippen molar-refractivity contribution in [1.29, 1.82) is 0 Å². The van der Waals surface area contributed by atoms with E-state index < -0.39 is 23.4 Å². The monoisotopic (exact) mass is 476 g/mol. The zero-order valence-corrected chi connectivity index (χ0v) is 18.7. The van der Waals surface area contributed by atoms with Crippen LogP contribution in [-0.4, -0.2) is 46.3 Å². The number of hydrogen-bond acceptors (Lipinski definition) is 5. The number of carbonyl (C=O) groups excluding carboxylic acids is 2. The molecular weight excluding hydrogens is 456 g/mol. The summed E-state index contributed by atoms with van der Waals surface area (Å²) in [7, 11) is 0. The van der Waals surface area contributed by atoms with E-state index in [0.29, 0.717) is 12.2 Å². The van der Waals surface area contributed by atoms with Gasteiger partial charge < -0.3 is 20.4 Å². The van der Waals surface area contributed by atoms with Gasteiger partial charge in [0.1, 0.15) is 0 Å². The van der Waals surface area contributed by atoms with Crippen molar-refractivity contribution in [3.05, 3.63) is 89.0 Å². The van der Waals surface area contributed by atoms with Gasteiger partial charge in [-0.1, -0.05) is 24.3 Å². The van der Waals surface area contributed by atoms with Gasteiger partial charge in [-0.05, 0) is 54.4 Å². The predicted octanol–water partition coefficient (Wildman–Crippen LogP) is 4.02. The van der Waals surface area contributed by atoms with Crippen molar-refractivity contribution >= 4 is 46.9 Å². The third-order valence-corrected chi connectivity index (χ3v) is 6.36. The first-order chi connectivity index (χ1) is 16.3. The second-order valence-electron chi connectivity index (χ2n) is 7.57. The highest BCUT2D eigenvalue weighted by atomic mass is 32.2. The SMILES string of the molecule is O=C(O)c1ccc(C(=O)Nc2cccc(SCC(=O)N3CCc4ccccc43)c2)c(C(=O)O)c1. The second-order valence-corrected chi connectivity index (χ2v) is 8.61. The average molecular weight is 477 g/mol. The van der Waals surface area contributed by atoms with E-state index in [1.54, 1.807) is 23.1 Å². The molecule has 1 aliphatic heterocycles. The molecule has 1 aliphatic rings. The molecule has 172 valence electrons. The molecule has 0 spiro atoms. The van der Waals surface area contributed by atoms with Crippen LogP contribution >= 0.6 is 11.8 Å². The highest BCUT2D eigenvalue weighted by molar-refractivity contribution is 8.00. The summed E-state index contributed by atoms with van der Waals surface area (Å²) in [6.45, 7) is 0.654. The van der Waals surface area contributed by atoms with E-state index in [0.717, 1.165) is 28.6 Å². The number of carbonyl (C=O) groups is 4. The summed E-state index contributed by atoms with van der Waals surface area (Å²) < 4.78 is 0. The van der Waals surface area contributed by atoms with Crippen molar-refractivity contribution in [1.82, 2.24) is 0 Å². The molecule has 8 nitrogen and oxygen atoms in total. The van der Waals surface area contributed by atoms with Crippen LogP contribution < -0.4 is 10.2 Å². The second kappa shape index (κ2) is 9.80. The number of aromatic carboxylic acids is 2. The Morgan fingerprint density at radius 2 is 1.68 bits per heavy atom. The van der Waals surface area contributed by atoms with Crippen molar-refractivity contribution in [2.75, 3.05) is 22.5 Å². The number of carboxylic acid groups (broad SMARTS) is 2. The van der Waals surface area contributed by atoms with Gasteiger partial charge in [-0.2, -0.15) is 0 Å². The fourth-order valence-electron chi connectivity index (χ4n) is 3.73. The van der Waals surface area contributed by atoms with Crippen molar-refractivity contribution < 1.29 is 29.4 Å². The first kappa shape index (κ1) is 23.1. The summed E-state index contributed by atoms with van der Waals surface area (Å²) in [5, 5.41) is 21.1. The van der Waals surface area contributed by atoms with Crippen LogP contribution in [0.2, 0.25) is 0 Å². The fraction of sp³-hybridized carbons (Fsp3) is 0.120. The van der Waals surface area contributed by atoms with E-state index >= 15 is 0 Å². The molecule has 0 radical (unpaired) electrons. The molecule has 2 amide bonds. The van der Waals surface area contributed by atoms with Gasteiger partial charge in [0.15, 0.2) is 0 Å². The van der Waals surface area contributed by atoms with Crippen LogP contribution in [-0.2, 0) is 11.2 Å². The maximum absolute atomic E-state index is 12.7. The number of benzene rings is 3. The molecule has 0 atom stereocenters. The quantitative estimate of drug-likeness (QED) is 0.440. The number of para-hydroxylation sites is 1. The molecule has 3 N–H and O–H groups in total. The summed E-state index contributed by atoms with van der Waals surface area (Å²) >= 11 is 1.34. The van der Waals surface area contributed by atoms with Gasteiger partial charge in [0.2, 0.25) is 5.91 Å². The predicted molar refractivity (Wildman–Crippen MR) is 128 cm³/mol. The minimum atomic E-state index is -1.40. The number of rotatable bonds is 7. The molecule has 9 heteroatoms. The molecule has 34 heavy (non-hydrogen) atoms. The first-order valence-corrected chi connectivity index (χ1v) is 11.3. The van der Waals surface area contributed by atoms with Crippen LogP contribution in [0.15, 0.2) is 71.6 Å². The molecule has 0 unspecified atom stereocenters. The number of nitrogens with zero attached hydrogens (tertiary/aromatic N) is 1. The minimum absolute atomic E-state index is 0.00555. The lowest BCUT2D eigenvalue weighted by Crippen LogP contribution is -2.30. The summed E-state index contributed by atoms with van der Waals surface area (Å²) in [5.74, 6) is -3.15. The maximum atomic E-state index is 12.7. The summed E-state index contributed by atoms with van der Waals surface area (Å²) in [4.78, 5) is 50.6. The smallest absolute Gasteiger partial charge is 0.336 e. The Kier molecular flexibility index (Phi) is 6.65.